The first-order valence-electron chi connectivity index (χ1n) is 10.1. The van der Waals surface area contributed by atoms with E-state index in [0.29, 0.717) is 24.2 Å². The molecule has 1 aromatic heterocycles. The number of carbonyl (C=O) groups is 2. The third kappa shape index (κ3) is 4.37. The van der Waals surface area contributed by atoms with Gasteiger partial charge in [0, 0.05) is 35.1 Å². The Bertz CT molecular complexity index is 995. The highest BCUT2D eigenvalue weighted by atomic mass is 16.7. The van der Waals surface area contributed by atoms with Gasteiger partial charge in [-0.1, -0.05) is 12.5 Å². The zero-order valence-corrected chi connectivity index (χ0v) is 17.0. The number of carbonyl (C=O) groups excluding carboxylic acids is 2. The number of rotatable bonds is 6. The fourth-order valence-electron chi connectivity index (χ4n) is 4.05. The van der Waals surface area contributed by atoms with Crippen LogP contribution in [0.15, 0.2) is 48.8 Å². The number of ether oxygens (including phenoxy) is 1. The molecule has 31 heavy (non-hydrogen) atoms. The molecule has 0 bridgehead atoms. The Morgan fingerprint density at radius 1 is 1.23 bits per heavy atom. The van der Waals surface area contributed by atoms with Crippen molar-refractivity contribution < 1.29 is 24.4 Å². The predicted molar refractivity (Wildman–Crippen MR) is 111 cm³/mol. The minimum atomic E-state index is -0.474. The molecule has 1 aromatic carbocycles. The lowest BCUT2D eigenvalue weighted by Crippen LogP contribution is -2.43. The number of benzene rings is 1. The lowest BCUT2D eigenvalue weighted by atomic mass is 10.0. The van der Waals surface area contributed by atoms with E-state index in [1.807, 2.05) is 18.2 Å². The maximum atomic E-state index is 12.8. The highest BCUT2D eigenvalue weighted by Crippen LogP contribution is 2.34. The first-order chi connectivity index (χ1) is 15.1. The van der Waals surface area contributed by atoms with Crippen molar-refractivity contribution in [2.45, 2.75) is 31.4 Å². The van der Waals surface area contributed by atoms with Crippen molar-refractivity contribution in [3.05, 3.63) is 65.5 Å². The second-order valence-corrected chi connectivity index (χ2v) is 7.51. The summed E-state index contributed by atoms with van der Waals surface area (Å²) in [7, 11) is 1.54. The number of nitrogens with zero attached hydrogens (tertiary/aromatic N) is 1. The number of pyridine rings is 1. The largest absolute Gasteiger partial charge is 0.496 e. The maximum Gasteiger partial charge on any atom is 0.251 e. The van der Waals surface area contributed by atoms with E-state index in [1.54, 1.807) is 36.1 Å². The molecule has 9 heteroatoms. The second-order valence-electron chi connectivity index (χ2n) is 7.51. The molecule has 9 nitrogen and oxygen atoms in total. The molecule has 1 aliphatic carbocycles. The highest BCUT2D eigenvalue weighted by Gasteiger charge is 2.34. The van der Waals surface area contributed by atoms with Crippen LogP contribution in [-0.4, -0.2) is 35.2 Å². The summed E-state index contributed by atoms with van der Waals surface area (Å²) in [5.74, 6) is -0.697. The van der Waals surface area contributed by atoms with E-state index in [1.165, 1.54) is 7.11 Å². The van der Waals surface area contributed by atoms with Gasteiger partial charge in [0.05, 0.1) is 18.7 Å². The van der Waals surface area contributed by atoms with E-state index in [-0.39, 0.29) is 18.1 Å². The molecule has 1 saturated carbocycles. The number of nitrogens with one attached hydrogen (secondary N) is 3. The first kappa shape index (κ1) is 20.8. The molecule has 3 unspecified atom stereocenters. The van der Waals surface area contributed by atoms with Crippen molar-refractivity contribution >= 4 is 17.5 Å². The fourth-order valence-corrected chi connectivity index (χ4v) is 4.05. The van der Waals surface area contributed by atoms with Crippen molar-refractivity contribution in [3.8, 4) is 5.75 Å². The van der Waals surface area contributed by atoms with Gasteiger partial charge in [0.1, 0.15) is 11.9 Å². The van der Waals surface area contributed by atoms with Gasteiger partial charge in [-0.05, 0) is 43.2 Å². The summed E-state index contributed by atoms with van der Waals surface area (Å²) in [6.07, 6.45) is 7.08. The minimum absolute atomic E-state index is 0.300. The number of hydrogen-bond donors (Lipinski definition) is 4. The van der Waals surface area contributed by atoms with E-state index in [4.69, 9.17) is 14.8 Å². The van der Waals surface area contributed by atoms with E-state index in [0.717, 1.165) is 23.2 Å². The van der Waals surface area contributed by atoms with Gasteiger partial charge in [-0.25, -0.2) is 5.48 Å². The van der Waals surface area contributed by atoms with Crippen LogP contribution in [0.3, 0.4) is 0 Å². The Hall–Kier alpha value is -3.43. The zero-order valence-electron chi connectivity index (χ0n) is 17.0. The van der Waals surface area contributed by atoms with Crippen LogP contribution in [0, 0.1) is 5.92 Å². The van der Waals surface area contributed by atoms with Crippen LogP contribution in [0.2, 0.25) is 0 Å². The van der Waals surface area contributed by atoms with Gasteiger partial charge in [-0.2, -0.15) is 0 Å². The normalized spacial score (nSPS) is 22.4. The summed E-state index contributed by atoms with van der Waals surface area (Å²) in [5.41, 5.74) is 7.57. The number of hydrogen-bond acceptors (Lipinski definition) is 7. The third-order valence-corrected chi connectivity index (χ3v) is 5.69. The Kier molecular flexibility index (Phi) is 6.15. The van der Waals surface area contributed by atoms with E-state index < -0.39 is 11.8 Å². The van der Waals surface area contributed by atoms with Crippen LogP contribution in [0.4, 0.5) is 0 Å². The molecule has 2 heterocycles. The fraction of sp³-hybridized carbons (Fsp3) is 0.318. The van der Waals surface area contributed by atoms with Crippen molar-refractivity contribution in [1.29, 1.82) is 0 Å². The number of aromatic nitrogens is 1. The molecule has 2 amide bonds. The summed E-state index contributed by atoms with van der Waals surface area (Å²) in [5, 5.41) is 11.8. The third-order valence-electron chi connectivity index (χ3n) is 5.69. The average molecular weight is 424 g/mol. The summed E-state index contributed by atoms with van der Waals surface area (Å²) >= 11 is 0. The molecule has 0 spiro atoms. The monoisotopic (exact) mass is 424 g/mol. The van der Waals surface area contributed by atoms with Crippen LogP contribution in [0.1, 0.15) is 46.9 Å². The second kappa shape index (κ2) is 9.15. The van der Waals surface area contributed by atoms with Gasteiger partial charge < -0.3 is 10.1 Å². The van der Waals surface area contributed by atoms with Crippen LogP contribution in [0.25, 0.3) is 5.70 Å². The number of methoxy groups -OCH3 is 1. The van der Waals surface area contributed by atoms with Gasteiger partial charge in [0.25, 0.3) is 5.91 Å². The van der Waals surface area contributed by atoms with Crippen molar-refractivity contribution in [3.63, 3.8) is 0 Å². The van der Waals surface area contributed by atoms with E-state index in [9.17, 15) is 9.59 Å². The molecule has 0 saturated heterocycles. The Balaban J connectivity index is 1.50. The Morgan fingerprint density at radius 2 is 2.03 bits per heavy atom. The maximum absolute atomic E-state index is 12.8. The van der Waals surface area contributed by atoms with Gasteiger partial charge in [-0.3, -0.25) is 30.1 Å². The topological polar surface area (TPSA) is 122 Å². The van der Waals surface area contributed by atoms with Crippen LogP contribution >= 0.6 is 0 Å². The van der Waals surface area contributed by atoms with Crippen molar-refractivity contribution in [2.24, 2.45) is 5.92 Å². The van der Waals surface area contributed by atoms with E-state index >= 15 is 0 Å². The molecule has 3 atom stereocenters. The van der Waals surface area contributed by atoms with Gasteiger partial charge in [0.15, 0.2) is 0 Å². The number of amides is 2. The number of hydroxylamine groups is 2. The SMILES string of the molecule is COc1cc(C(=O)NC2CCCC2C(=O)NO)ccc1C1C=C(c2ccncc2)NO1. The van der Waals surface area contributed by atoms with Crippen LogP contribution in [0.5, 0.6) is 5.75 Å². The molecule has 4 rings (SSSR count). The molecule has 2 aromatic rings. The van der Waals surface area contributed by atoms with Crippen LogP contribution < -0.4 is 21.0 Å². The molecule has 4 N–H and O–H groups in total. The minimum Gasteiger partial charge on any atom is -0.496 e. The Labute approximate surface area is 179 Å². The Morgan fingerprint density at radius 3 is 2.77 bits per heavy atom. The first-order valence-corrected chi connectivity index (χ1v) is 10.1. The predicted octanol–water partition coefficient (Wildman–Crippen LogP) is 2.11. The quantitative estimate of drug-likeness (QED) is 0.414. The lowest BCUT2D eigenvalue weighted by Gasteiger charge is -2.20. The molecular weight excluding hydrogens is 400 g/mol. The van der Waals surface area contributed by atoms with Crippen molar-refractivity contribution in [1.82, 2.24) is 21.3 Å². The summed E-state index contributed by atoms with van der Waals surface area (Å²) < 4.78 is 5.51. The lowest BCUT2D eigenvalue weighted by molar-refractivity contribution is -0.133. The molecule has 1 fully saturated rings. The van der Waals surface area contributed by atoms with E-state index in [2.05, 4.69) is 15.8 Å². The molecular formula is C22H24N4O5. The summed E-state index contributed by atoms with van der Waals surface area (Å²) in [6, 6.07) is 8.58. The summed E-state index contributed by atoms with van der Waals surface area (Å²) in [4.78, 5) is 34.3. The standard InChI is InChI=1S/C22H24N4O5/c1-30-19-11-14(21(27)24-17-4-2-3-15(17)22(28)25-29)5-6-16(19)20-12-18(26-31-20)13-7-9-23-10-8-13/h5-12,15,17,20,26,29H,2-4H2,1H3,(H,24,27)(H,25,28). The summed E-state index contributed by atoms with van der Waals surface area (Å²) in [6.45, 7) is 0. The molecule has 162 valence electrons. The van der Waals surface area contributed by atoms with Gasteiger partial charge in [-0.15, -0.1) is 0 Å². The molecule has 2 aliphatic rings. The smallest absolute Gasteiger partial charge is 0.251 e. The van der Waals surface area contributed by atoms with Gasteiger partial charge >= 0.3 is 0 Å². The zero-order chi connectivity index (χ0) is 21.8. The molecule has 1 aliphatic heterocycles. The highest BCUT2D eigenvalue weighted by molar-refractivity contribution is 5.95. The van der Waals surface area contributed by atoms with Crippen LogP contribution in [-0.2, 0) is 9.63 Å². The molecule has 0 radical (unpaired) electrons. The average Bonchev–Trinajstić information content (AvgIpc) is 3.48. The van der Waals surface area contributed by atoms with Crippen molar-refractivity contribution in [2.75, 3.05) is 7.11 Å². The van der Waals surface area contributed by atoms with Gasteiger partial charge in [0.2, 0.25) is 5.91 Å².